The number of nitrogens with one attached hydrogen (secondary N) is 1. The van der Waals surface area contributed by atoms with Crippen LogP contribution < -0.4 is 11.5 Å². The molecule has 0 atom stereocenters. The lowest BCUT2D eigenvalue weighted by atomic mass is 10.1. The minimum absolute atomic E-state index is 0.223. The van der Waals surface area contributed by atoms with E-state index in [1.807, 2.05) is 66.9 Å². The van der Waals surface area contributed by atoms with Gasteiger partial charge in [-0.3, -0.25) is 0 Å². The van der Waals surface area contributed by atoms with Crippen molar-refractivity contribution in [3.8, 4) is 0 Å². The Hall–Kier alpha value is -2.98. The van der Waals surface area contributed by atoms with Crippen LogP contribution in [0.25, 0.3) is 12.2 Å². The number of benzene rings is 2. The Kier molecular flexibility index (Phi) is 6.68. The first kappa shape index (κ1) is 17.4. The zero-order valence-electron chi connectivity index (χ0n) is 13.5. The van der Waals surface area contributed by atoms with Crippen LogP contribution >= 0.6 is 0 Å². The van der Waals surface area contributed by atoms with Gasteiger partial charge < -0.3 is 21.6 Å². The van der Waals surface area contributed by atoms with Gasteiger partial charge in [0, 0.05) is 24.9 Å². The van der Waals surface area contributed by atoms with Crippen molar-refractivity contribution in [2.75, 3.05) is 18.1 Å². The molecule has 2 aromatic carbocycles. The Morgan fingerprint density at radius 2 is 1.58 bits per heavy atom. The molecule has 0 spiro atoms. The lowest BCUT2D eigenvalue weighted by Gasteiger charge is -2.00. The Bertz CT molecular complexity index is 750. The number of aliphatic hydroxyl groups excluding tert-OH is 1. The second-order valence-electron chi connectivity index (χ2n) is 5.30. The molecule has 0 saturated carbocycles. The summed E-state index contributed by atoms with van der Waals surface area (Å²) in [4.78, 5) is 2.98. The Balaban J connectivity index is 0.000000219. The van der Waals surface area contributed by atoms with Gasteiger partial charge in [0.05, 0.1) is 11.4 Å². The molecule has 24 heavy (non-hydrogen) atoms. The second-order valence-corrected chi connectivity index (χ2v) is 5.30. The van der Waals surface area contributed by atoms with Crippen molar-refractivity contribution < 1.29 is 5.11 Å². The topological polar surface area (TPSA) is 88.1 Å². The fraction of sp³-hybridized carbons (Fsp3) is 0.100. The van der Waals surface area contributed by atoms with E-state index in [9.17, 15) is 0 Å². The summed E-state index contributed by atoms with van der Waals surface area (Å²) in [6.07, 6.45) is 6.65. The first-order valence-corrected chi connectivity index (χ1v) is 7.80. The number of nitrogens with two attached hydrogens (primary N) is 2. The number of nitrogen functional groups attached to an aromatic ring is 2. The zero-order chi connectivity index (χ0) is 17.2. The molecule has 6 N–H and O–H groups in total. The molecule has 0 radical (unpaired) electrons. The third-order valence-corrected chi connectivity index (χ3v) is 3.42. The molecule has 0 saturated heterocycles. The lowest BCUT2D eigenvalue weighted by Crippen LogP contribution is -1.93. The van der Waals surface area contributed by atoms with Crippen LogP contribution in [-0.4, -0.2) is 16.7 Å². The highest BCUT2D eigenvalue weighted by molar-refractivity contribution is 5.74. The van der Waals surface area contributed by atoms with E-state index in [2.05, 4.69) is 17.1 Å². The maximum atomic E-state index is 8.42. The van der Waals surface area contributed by atoms with E-state index in [-0.39, 0.29) is 6.61 Å². The molecule has 0 aliphatic heterocycles. The van der Waals surface area contributed by atoms with Gasteiger partial charge in [-0.1, -0.05) is 48.6 Å². The van der Waals surface area contributed by atoms with Gasteiger partial charge in [0.25, 0.3) is 0 Å². The first-order chi connectivity index (χ1) is 11.7. The number of aromatic nitrogens is 1. The molecule has 3 rings (SSSR count). The molecule has 0 fully saturated rings. The molecular formula is C20H23N3O. The zero-order valence-corrected chi connectivity index (χ0v) is 13.5. The molecule has 0 amide bonds. The standard InChI is InChI=1S/C14H14N2.C6H9NO/c15-13-9-8-12(10-14(13)16)7-6-11-4-2-1-3-5-11;8-5-3-6-2-1-4-7-6/h1-10H,15-16H2;1-2,4,7-8H,3,5H2. The van der Waals surface area contributed by atoms with Gasteiger partial charge >= 0.3 is 0 Å². The van der Waals surface area contributed by atoms with E-state index in [1.54, 1.807) is 0 Å². The highest BCUT2D eigenvalue weighted by Crippen LogP contribution is 2.17. The summed E-state index contributed by atoms with van der Waals surface area (Å²) in [6.45, 7) is 0.223. The molecule has 1 aromatic heterocycles. The summed E-state index contributed by atoms with van der Waals surface area (Å²) in [5, 5.41) is 8.42. The van der Waals surface area contributed by atoms with Gasteiger partial charge in [-0.15, -0.1) is 0 Å². The first-order valence-electron chi connectivity index (χ1n) is 7.80. The Morgan fingerprint density at radius 3 is 2.21 bits per heavy atom. The number of hydrogen-bond donors (Lipinski definition) is 4. The molecule has 4 nitrogen and oxygen atoms in total. The van der Waals surface area contributed by atoms with E-state index in [4.69, 9.17) is 16.6 Å². The number of hydrogen-bond acceptors (Lipinski definition) is 3. The minimum Gasteiger partial charge on any atom is -0.397 e. The summed E-state index contributed by atoms with van der Waals surface area (Å²) in [5.41, 5.74) is 15.9. The van der Waals surface area contributed by atoms with E-state index < -0.39 is 0 Å². The summed E-state index contributed by atoms with van der Waals surface area (Å²) in [7, 11) is 0. The molecule has 0 unspecified atom stereocenters. The summed E-state index contributed by atoms with van der Waals surface area (Å²) < 4.78 is 0. The fourth-order valence-electron chi connectivity index (χ4n) is 2.10. The average Bonchev–Trinajstić information content (AvgIpc) is 3.11. The van der Waals surface area contributed by atoms with Gasteiger partial charge in [-0.2, -0.15) is 0 Å². The van der Waals surface area contributed by atoms with E-state index >= 15 is 0 Å². The Labute approximate surface area is 142 Å². The van der Waals surface area contributed by atoms with Crippen LogP contribution in [0.2, 0.25) is 0 Å². The lowest BCUT2D eigenvalue weighted by molar-refractivity contribution is 0.298. The van der Waals surface area contributed by atoms with Gasteiger partial charge in [-0.25, -0.2) is 0 Å². The van der Waals surface area contributed by atoms with Gasteiger partial charge in [-0.05, 0) is 35.4 Å². The molecule has 4 heteroatoms. The van der Waals surface area contributed by atoms with Crippen LogP contribution in [0.4, 0.5) is 11.4 Å². The van der Waals surface area contributed by atoms with E-state index in [1.165, 1.54) is 0 Å². The third kappa shape index (κ3) is 5.66. The van der Waals surface area contributed by atoms with Crippen LogP contribution in [0.1, 0.15) is 16.8 Å². The maximum Gasteiger partial charge on any atom is 0.0553 e. The van der Waals surface area contributed by atoms with Crippen molar-refractivity contribution in [1.29, 1.82) is 0 Å². The predicted molar refractivity (Wildman–Crippen MR) is 102 cm³/mol. The highest BCUT2D eigenvalue weighted by Gasteiger charge is 1.94. The van der Waals surface area contributed by atoms with Gasteiger partial charge in [0.2, 0.25) is 0 Å². The predicted octanol–water partition coefficient (Wildman–Crippen LogP) is 3.57. The van der Waals surface area contributed by atoms with Crippen molar-refractivity contribution in [3.63, 3.8) is 0 Å². The van der Waals surface area contributed by atoms with Crippen LogP contribution in [-0.2, 0) is 6.42 Å². The second kappa shape index (κ2) is 9.22. The van der Waals surface area contributed by atoms with Crippen molar-refractivity contribution >= 4 is 23.5 Å². The molecule has 0 aliphatic carbocycles. The van der Waals surface area contributed by atoms with Crippen LogP contribution in [0.3, 0.4) is 0 Å². The van der Waals surface area contributed by atoms with Gasteiger partial charge in [0.1, 0.15) is 0 Å². The molecule has 124 valence electrons. The van der Waals surface area contributed by atoms with Crippen molar-refractivity contribution in [3.05, 3.63) is 83.7 Å². The molecule has 0 bridgehead atoms. The SMILES string of the molecule is Nc1ccc(C=Cc2ccccc2)cc1N.OCCc1ccc[nH]1. The quantitative estimate of drug-likeness (QED) is 0.437. The van der Waals surface area contributed by atoms with Crippen molar-refractivity contribution in [2.24, 2.45) is 0 Å². The summed E-state index contributed by atoms with van der Waals surface area (Å²) >= 11 is 0. The maximum absolute atomic E-state index is 8.42. The van der Waals surface area contributed by atoms with Crippen molar-refractivity contribution in [1.82, 2.24) is 4.98 Å². The third-order valence-electron chi connectivity index (χ3n) is 3.42. The number of aromatic amines is 1. The number of anilines is 2. The molecule has 3 aromatic rings. The van der Waals surface area contributed by atoms with Crippen LogP contribution in [0.5, 0.6) is 0 Å². The van der Waals surface area contributed by atoms with E-state index in [0.717, 1.165) is 23.2 Å². The molecular weight excluding hydrogens is 298 g/mol. The average molecular weight is 321 g/mol. The van der Waals surface area contributed by atoms with Crippen molar-refractivity contribution in [2.45, 2.75) is 6.42 Å². The largest absolute Gasteiger partial charge is 0.397 e. The number of aliphatic hydroxyl groups is 1. The van der Waals surface area contributed by atoms with Crippen LogP contribution in [0.15, 0.2) is 66.9 Å². The summed E-state index contributed by atoms with van der Waals surface area (Å²) in [5.74, 6) is 0. The normalized spacial score (nSPS) is 10.4. The number of rotatable bonds is 4. The van der Waals surface area contributed by atoms with Gasteiger partial charge in [0.15, 0.2) is 0 Å². The Morgan fingerprint density at radius 1 is 0.833 bits per heavy atom. The van der Waals surface area contributed by atoms with E-state index in [0.29, 0.717) is 11.4 Å². The smallest absolute Gasteiger partial charge is 0.0553 e. The minimum atomic E-state index is 0.223. The highest BCUT2D eigenvalue weighted by atomic mass is 16.3. The molecule has 0 aliphatic rings. The molecule has 1 heterocycles. The van der Waals surface area contributed by atoms with Crippen LogP contribution in [0, 0.1) is 0 Å². The summed E-state index contributed by atoms with van der Waals surface area (Å²) in [6, 6.07) is 19.6. The fourth-order valence-corrected chi connectivity index (χ4v) is 2.10. The monoisotopic (exact) mass is 321 g/mol. The number of H-pyrrole nitrogens is 1.